The first kappa shape index (κ1) is 20.2. The zero-order valence-corrected chi connectivity index (χ0v) is 17.8. The van der Waals surface area contributed by atoms with E-state index >= 15 is 0 Å². The number of methoxy groups -OCH3 is 1. The van der Waals surface area contributed by atoms with Crippen molar-refractivity contribution in [3.63, 3.8) is 0 Å². The van der Waals surface area contributed by atoms with E-state index in [-0.39, 0.29) is 11.9 Å². The number of nitrogens with one attached hydrogen (secondary N) is 1. The minimum absolute atomic E-state index is 0.213. The molecule has 0 spiro atoms. The molecule has 4 rings (SSSR count). The largest absolute Gasteiger partial charge is 0.496 e. The molecular weight excluding hydrogens is 378 g/mol. The summed E-state index contributed by atoms with van der Waals surface area (Å²) in [6.07, 6.45) is 4.50. The molecule has 1 aliphatic rings. The zero-order chi connectivity index (χ0) is 21.1. The van der Waals surface area contributed by atoms with Crippen LogP contribution in [0.1, 0.15) is 33.1 Å². The van der Waals surface area contributed by atoms with Crippen molar-refractivity contribution in [3.8, 4) is 17.0 Å². The topological polar surface area (TPSA) is 71.8 Å². The van der Waals surface area contributed by atoms with Gasteiger partial charge in [-0.05, 0) is 43.0 Å². The molecule has 0 bridgehead atoms. The Morgan fingerprint density at radius 1 is 1.27 bits per heavy atom. The number of rotatable bonds is 7. The number of aromatic nitrogens is 3. The van der Waals surface area contributed by atoms with E-state index in [9.17, 15) is 4.79 Å². The molecule has 1 N–H and O–H groups in total. The summed E-state index contributed by atoms with van der Waals surface area (Å²) in [7, 11) is 1.66. The number of hydrogen-bond acceptors (Lipinski definition) is 5. The van der Waals surface area contributed by atoms with E-state index in [0.29, 0.717) is 18.9 Å². The van der Waals surface area contributed by atoms with Gasteiger partial charge in [0.2, 0.25) is 5.91 Å². The van der Waals surface area contributed by atoms with Crippen LogP contribution in [-0.4, -0.2) is 51.6 Å². The first-order valence-corrected chi connectivity index (χ1v) is 10.6. The van der Waals surface area contributed by atoms with Gasteiger partial charge in [0.1, 0.15) is 11.6 Å². The minimum atomic E-state index is 0.213. The van der Waals surface area contributed by atoms with Gasteiger partial charge in [0, 0.05) is 31.1 Å². The average Bonchev–Trinajstić information content (AvgIpc) is 3.38. The molecule has 1 aromatic carbocycles. The molecule has 1 aliphatic heterocycles. The maximum absolute atomic E-state index is 12.5. The fraction of sp³-hybridized carbons (Fsp3) is 0.435. The number of carbonyl (C=O) groups is 1. The Morgan fingerprint density at radius 2 is 2.10 bits per heavy atom. The predicted octanol–water partition coefficient (Wildman–Crippen LogP) is 3.85. The SMILES string of the molecule is COc1ccccc1-c1cnc2ccc(NCC3CCCN3C(=O)CC(C)C)nn12. The highest BCUT2D eigenvalue weighted by atomic mass is 16.5. The normalized spacial score (nSPS) is 16.4. The smallest absolute Gasteiger partial charge is 0.223 e. The van der Waals surface area contributed by atoms with Crippen molar-refractivity contribution in [3.05, 3.63) is 42.6 Å². The third-order valence-electron chi connectivity index (χ3n) is 5.54. The van der Waals surface area contributed by atoms with E-state index in [1.807, 2.05) is 52.0 Å². The van der Waals surface area contributed by atoms with E-state index in [2.05, 4.69) is 24.1 Å². The molecule has 1 atom stereocenters. The van der Waals surface area contributed by atoms with Crippen molar-refractivity contribution in [2.24, 2.45) is 5.92 Å². The second-order valence-electron chi connectivity index (χ2n) is 8.19. The van der Waals surface area contributed by atoms with Crippen LogP contribution in [0.3, 0.4) is 0 Å². The highest BCUT2D eigenvalue weighted by Gasteiger charge is 2.28. The van der Waals surface area contributed by atoms with Crippen molar-refractivity contribution in [2.75, 3.05) is 25.5 Å². The second-order valence-corrected chi connectivity index (χ2v) is 8.19. The van der Waals surface area contributed by atoms with Gasteiger partial charge in [0.05, 0.1) is 19.0 Å². The number of fused-ring (bicyclic) bond motifs is 1. The summed E-state index contributed by atoms with van der Waals surface area (Å²) < 4.78 is 7.33. The van der Waals surface area contributed by atoms with Gasteiger partial charge in [-0.15, -0.1) is 5.10 Å². The van der Waals surface area contributed by atoms with Crippen molar-refractivity contribution < 1.29 is 9.53 Å². The molecule has 1 fully saturated rings. The van der Waals surface area contributed by atoms with Gasteiger partial charge in [0.15, 0.2) is 5.65 Å². The highest BCUT2D eigenvalue weighted by Crippen LogP contribution is 2.30. The molecule has 0 saturated carbocycles. The minimum Gasteiger partial charge on any atom is -0.496 e. The van der Waals surface area contributed by atoms with Crippen LogP contribution in [0.25, 0.3) is 16.9 Å². The monoisotopic (exact) mass is 407 g/mol. The van der Waals surface area contributed by atoms with Crippen LogP contribution in [0, 0.1) is 5.92 Å². The molecule has 3 aromatic rings. The van der Waals surface area contributed by atoms with Crippen molar-refractivity contribution >= 4 is 17.4 Å². The highest BCUT2D eigenvalue weighted by molar-refractivity contribution is 5.77. The summed E-state index contributed by atoms with van der Waals surface area (Å²) in [6, 6.07) is 11.9. The van der Waals surface area contributed by atoms with Gasteiger partial charge in [-0.25, -0.2) is 9.50 Å². The molecule has 7 heteroatoms. The summed E-state index contributed by atoms with van der Waals surface area (Å²) in [4.78, 5) is 19.0. The first-order chi connectivity index (χ1) is 14.6. The summed E-state index contributed by atoms with van der Waals surface area (Å²) >= 11 is 0. The van der Waals surface area contributed by atoms with E-state index in [1.165, 1.54) is 0 Å². The maximum Gasteiger partial charge on any atom is 0.223 e. The number of benzene rings is 1. The molecule has 0 aliphatic carbocycles. The Balaban J connectivity index is 1.52. The maximum atomic E-state index is 12.5. The van der Waals surface area contributed by atoms with Crippen LogP contribution in [0.5, 0.6) is 5.75 Å². The van der Waals surface area contributed by atoms with Crippen molar-refractivity contribution in [2.45, 2.75) is 39.2 Å². The summed E-state index contributed by atoms with van der Waals surface area (Å²) in [6.45, 7) is 5.72. The molecule has 7 nitrogen and oxygen atoms in total. The number of imidazole rings is 1. The second kappa shape index (κ2) is 8.73. The van der Waals surface area contributed by atoms with Crippen LogP contribution in [-0.2, 0) is 4.79 Å². The Hall–Kier alpha value is -3.09. The van der Waals surface area contributed by atoms with Crippen molar-refractivity contribution in [1.29, 1.82) is 0 Å². The van der Waals surface area contributed by atoms with Crippen LogP contribution in [0.4, 0.5) is 5.82 Å². The molecule has 3 heterocycles. The number of ether oxygens (including phenoxy) is 1. The number of para-hydroxylation sites is 1. The van der Waals surface area contributed by atoms with Gasteiger partial charge < -0.3 is 15.0 Å². The van der Waals surface area contributed by atoms with Gasteiger partial charge in [-0.3, -0.25) is 4.79 Å². The van der Waals surface area contributed by atoms with Gasteiger partial charge in [-0.1, -0.05) is 26.0 Å². The van der Waals surface area contributed by atoms with Crippen LogP contribution in [0.2, 0.25) is 0 Å². The summed E-state index contributed by atoms with van der Waals surface area (Å²) in [5.41, 5.74) is 2.59. The zero-order valence-electron chi connectivity index (χ0n) is 17.8. The van der Waals surface area contributed by atoms with Crippen LogP contribution in [0.15, 0.2) is 42.6 Å². The molecule has 158 valence electrons. The van der Waals surface area contributed by atoms with Crippen LogP contribution >= 0.6 is 0 Å². The lowest BCUT2D eigenvalue weighted by atomic mass is 10.1. The van der Waals surface area contributed by atoms with E-state index in [4.69, 9.17) is 9.84 Å². The molecule has 30 heavy (non-hydrogen) atoms. The van der Waals surface area contributed by atoms with Gasteiger partial charge >= 0.3 is 0 Å². The summed E-state index contributed by atoms with van der Waals surface area (Å²) in [5, 5.41) is 8.18. The third kappa shape index (κ3) is 4.10. The standard InChI is InChI=1S/C23H29N5O2/c1-16(2)13-23(29)27-12-6-7-17(27)14-24-21-10-11-22-25-15-19(28(22)26-21)18-8-4-5-9-20(18)30-3/h4-5,8-11,15-17H,6-7,12-14H2,1-3H3,(H,24,26). The fourth-order valence-electron chi connectivity index (χ4n) is 4.07. The number of nitrogens with zero attached hydrogens (tertiary/aromatic N) is 4. The summed E-state index contributed by atoms with van der Waals surface area (Å²) in [5.74, 6) is 2.18. The average molecular weight is 408 g/mol. The molecular formula is C23H29N5O2. The quantitative estimate of drug-likeness (QED) is 0.644. The number of anilines is 1. The number of likely N-dealkylation sites (tertiary alicyclic amines) is 1. The molecule has 0 radical (unpaired) electrons. The number of amides is 1. The predicted molar refractivity (Wildman–Crippen MR) is 118 cm³/mol. The van der Waals surface area contributed by atoms with Gasteiger partial charge in [-0.2, -0.15) is 0 Å². The van der Waals surface area contributed by atoms with Gasteiger partial charge in [0.25, 0.3) is 0 Å². The lowest BCUT2D eigenvalue weighted by Crippen LogP contribution is -2.40. The molecule has 1 amide bonds. The number of hydrogen-bond donors (Lipinski definition) is 1. The Kier molecular flexibility index (Phi) is 5.88. The Bertz CT molecular complexity index is 1030. The number of carbonyl (C=O) groups excluding carboxylic acids is 1. The molecule has 1 unspecified atom stereocenters. The van der Waals surface area contributed by atoms with E-state index in [0.717, 1.165) is 47.9 Å². The van der Waals surface area contributed by atoms with Crippen molar-refractivity contribution in [1.82, 2.24) is 19.5 Å². The first-order valence-electron chi connectivity index (χ1n) is 10.6. The lowest BCUT2D eigenvalue weighted by Gasteiger charge is -2.26. The van der Waals surface area contributed by atoms with E-state index in [1.54, 1.807) is 7.11 Å². The third-order valence-corrected chi connectivity index (χ3v) is 5.54. The molecule has 1 saturated heterocycles. The Labute approximate surface area is 177 Å². The molecule has 2 aromatic heterocycles. The fourth-order valence-corrected chi connectivity index (χ4v) is 4.07. The van der Waals surface area contributed by atoms with E-state index < -0.39 is 0 Å². The Morgan fingerprint density at radius 3 is 2.90 bits per heavy atom. The van der Waals surface area contributed by atoms with Crippen LogP contribution < -0.4 is 10.1 Å². The lowest BCUT2D eigenvalue weighted by molar-refractivity contribution is -0.132.